The number of Topliss-reactive ketones (excluding diaryl/α,β-unsaturated/α-hetero) is 1. The number of hydrogen-bond donors (Lipinski definition) is 0. The number of likely N-dealkylation sites (tertiary alicyclic amines) is 1. The Morgan fingerprint density at radius 3 is 2.74 bits per heavy atom. The first-order chi connectivity index (χ1) is 15.2. The molecule has 31 heavy (non-hydrogen) atoms. The van der Waals surface area contributed by atoms with Gasteiger partial charge in [0, 0.05) is 41.3 Å². The van der Waals surface area contributed by atoms with Gasteiger partial charge in [-0.15, -0.1) is 10.2 Å². The molecule has 156 valence electrons. The number of nitriles is 1. The van der Waals surface area contributed by atoms with Crippen LogP contribution in [0.4, 0.5) is 0 Å². The van der Waals surface area contributed by atoms with Crippen LogP contribution in [0.5, 0.6) is 0 Å². The molecule has 1 aliphatic heterocycles. The Hall–Kier alpha value is -3.50. The number of rotatable bonds is 6. The van der Waals surface area contributed by atoms with Crippen LogP contribution in [0.2, 0.25) is 0 Å². The van der Waals surface area contributed by atoms with E-state index in [0.717, 1.165) is 53.9 Å². The molecule has 0 N–H and O–H groups in total. The van der Waals surface area contributed by atoms with Gasteiger partial charge in [0.05, 0.1) is 19.0 Å². The maximum Gasteiger partial charge on any atom is 0.178 e. The first kappa shape index (κ1) is 19.5. The Morgan fingerprint density at radius 2 is 1.90 bits per heavy atom. The Bertz CT molecular complexity index is 1270. The van der Waals surface area contributed by atoms with E-state index in [4.69, 9.17) is 5.26 Å². The third-order valence-electron chi connectivity index (χ3n) is 6.21. The van der Waals surface area contributed by atoms with E-state index < -0.39 is 0 Å². The number of benzene rings is 1. The molecule has 0 aliphatic carbocycles. The SMILES string of the molecule is N#CCCn1cc(C(=O)CN2CCC(c3nnc4ccccn34)CC2)c2ccccc21. The lowest BCUT2D eigenvalue weighted by Gasteiger charge is -2.30. The first-order valence-electron chi connectivity index (χ1n) is 10.7. The molecule has 0 unspecified atom stereocenters. The van der Waals surface area contributed by atoms with E-state index in [9.17, 15) is 4.79 Å². The molecule has 0 atom stereocenters. The monoisotopic (exact) mass is 412 g/mol. The highest BCUT2D eigenvalue weighted by Crippen LogP contribution is 2.28. The van der Waals surface area contributed by atoms with Crippen LogP contribution in [0.25, 0.3) is 16.6 Å². The van der Waals surface area contributed by atoms with Gasteiger partial charge in [-0.25, -0.2) is 0 Å². The number of fused-ring (bicyclic) bond motifs is 2. The van der Waals surface area contributed by atoms with Gasteiger partial charge >= 0.3 is 0 Å². The number of ketones is 1. The Kier molecular flexibility index (Phi) is 5.23. The van der Waals surface area contributed by atoms with Crippen LogP contribution >= 0.6 is 0 Å². The molecule has 0 amide bonds. The molecule has 5 rings (SSSR count). The van der Waals surface area contributed by atoms with Crippen molar-refractivity contribution in [2.45, 2.75) is 31.7 Å². The predicted octanol–water partition coefficient (Wildman–Crippen LogP) is 3.66. The van der Waals surface area contributed by atoms with E-state index in [1.54, 1.807) is 0 Å². The topological polar surface area (TPSA) is 79.2 Å². The summed E-state index contributed by atoms with van der Waals surface area (Å²) in [5, 5.41) is 18.6. The highest BCUT2D eigenvalue weighted by molar-refractivity contribution is 6.09. The summed E-state index contributed by atoms with van der Waals surface area (Å²) in [5.41, 5.74) is 2.64. The zero-order valence-electron chi connectivity index (χ0n) is 17.3. The molecule has 1 aromatic carbocycles. The van der Waals surface area contributed by atoms with Gasteiger partial charge in [-0.1, -0.05) is 24.3 Å². The van der Waals surface area contributed by atoms with Gasteiger partial charge in [0.1, 0.15) is 5.82 Å². The largest absolute Gasteiger partial charge is 0.346 e. The molecule has 4 aromatic rings. The molecule has 1 fully saturated rings. The molecule has 0 radical (unpaired) electrons. The van der Waals surface area contributed by atoms with Gasteiger partial charge in [0.2, 0.25) is 0 Å². The van der Waals surface area contributed by atoms with E-state index >= 15 is 0 Å². The zero-order chi connectivity index (χ0) is 21.2. The van der Waals surface area contributed by atoms with E-state index in [-0.39, 0.29) is 5.78 Å². The molecule has 7 nitrogen and oxygen atoms in total. The number of piperidine rings is 1. The highest BCUT2D eigenvalue weighted by atomic mass is 16.1. The number of aryl methyl sites for hydroxylation is 1. The quantitative estimate of drug-likeness (QED) is 0.452. The summed E-state index contributed by atoms with van der Waals surface area (Å²) in [6.07, 6.45) is 6.29. The van der Waals surface area contributed by atoms with Crippen molar-refractivity contribution in [1.82, 2.24) is 24.1 Å². The number of nitrogens with zero attached hydrogens (tertiary/aromatic N) is 6. The average molecular weight is 412 g/mol. The molecule has 7 heteroatoms. The Morgan fingerprint density at radius 1 is 1.10 bits per heavy atom. The predicted molar refractivity (Wildman–Crippen MR) is 118 cm³/mol. The summed E-state index contributed by atoms with van der Waals surface area (Å²) in [6.45, 7) is 2.75. The van der Waals surface area contributed by atoms with E-state index in [2.05, 4.69) is 25.6 Å². The standard InChI is InChI=1S/C24H24N6O/c25-11-5-12-29-16-20(19-6-1-2-7-21(19)29)22(31)17-28-14-9-18(10-15-28)24-27-26-23-8-3-4-13-30(23)24/h1-4,6-8,13,16,18H,5,9-10,12,14-15,17H2. The van der Waals surface area contributed by atoms with Crippen LogP contribution in [0.1, 0.15) is 41.4 Å². The molecule has 0 spiro atoms. The van der Waals surface area contributed by atoms with Gasteiger partial charge < -0.3 is 4.57 Å². The summed E-state index contributed by atoms with van der Waals surface area (Å²) in [7, 11) is 0. The zero-order valence-corrected chi connectivity index (χ0v) is 17.3. The van der Waals surface area contributed by atoms with Crippen LogP contribution < -0.4 is 0 Å². The third-order valence-corrected chi connectivity index (χ3v) is 6.21. The lowest BCUT2D eigenvalue weighted by molar-refractivity contribution is 0.0909. The van der Waals surface area contributed by atoms with Crippen molar-refractivity contribution < 1.29 is 4.79 Å². The molecular weight excluding hydrogens is 388 g/mol. The molecule has 1 saturated heterocycles. The lowest BCUT2D eigenvalue weighted by Crippen LogP contribution is -2.37. The molecule has 3 aromatic heterocycles. The summed E-state index contributed by atoms with van der Waals surface area (Å²) >= 11 is 0. The average Bonchev–Trinajstić information content (AvgIpc) is 3.40. The fourth-order valence-corrected chi connectivity index (χ4v) is 4.60. The molecule has 4 heterocycles. The number of pyridine rings is 1. The second kappa shape index (κ2) is 8.32. The lowest BCUT2D eigenvalue weighted by atomic mass is 9.95. The van der Waals surface area contributed by atoms with Gasteiger partial charge in [-0.3, -0.25) is 14.1 Å². The van der Waals surface area contributed by atoms with Gasteiger partial charge in [-0.2, -0.15) is 5.26 Å². The minimum atomic E-state index is 0.137. The van der Waals surface area contributed by atoms with Gasteiger partial charge in [0.25, 0.3) is 0 Å². The Balaban J connectivity index is 1.28. The van der Waals surface area contributed by atoms with Crippen molar-refractivity contribution in [1.29, 1.82) is 5.26 Å². The smallest absolute Gasteiger partial charge is 0.178 e. The van der Waals surface area contributed by atoms with Crippen molar-refractivity contribution in [3.8, 4) is 6.07 Å². The maximum atomic E-state index is 13.2. The van der Waals surface area contributed by atoms with Crippen molar-refractivity contribution in [2.24, 2.45) is 0 Å². The van der Waals surface area contributed by atoms with Crippen molar-refractivity contribution in [2.75, 3.05) is 19.6 Å². The normalized spacial score (nSPS) is 15.5. The summed E-state index contributed by atoms with van der Waals surface area (Å²) in [5.74, 6) is 1.51. The number of para-hydroxylation sites is 1. The van der Waals surface area contributed by atoms with Crippen LogP contribution in [-0.4, -0.2) is 49.5 Å². The number of carbonyl (C=O) groups is 1. The fraction of sp³-hybridized carbons (Fsp3) is 0.333. The van der Waals surface area contributed by atoms with Crippen LogP contribution in [0.15, 0.2) is 54.9 Å². The minimum Gasteiger partial charge on any atom is -0.346 e. The Labute approximate surface area is 180 Å². The van der Waals surface area contributed by atoms with Crippen molar-refractivity contribution in [3.05, 3.63) is 66.2 Å². The van der Waals surface area contributed by atoms with Crippen molar-refractivity contribution >= 4 is 22.3 Å². The van der Waals surface area contributed by atoms with Crippen molar-refractivity contribution in [3.63, 3.8) is 0 Å². The minimum absolute atomic E-state index is 0.137. The van der Waals surface area contributed by atoms with E-state index in [1.807, 2.05) is 59.4 Å². The second-order valence-corrected chi connectivity index (χ2v) is 8.12. The molecule has 1 aliphatic rings. The van der Waals surface area contributed by atoms with E-state index in [1.165, 1.54) is 0 Å². The number of hydrogen-bond acceptors (Lipinski definition) is 5. The van der Waals surface area contributed by atoms with Gasteiger partial charge in [0.15, 0.2) is 11.4 Å². The highest BCUT2D eigenvalue weighted by Gasteiger charge is 2.26. The van der Waals surface area contributed by atoms with Crippen LogP contribution in [0.3, 0.4) is 0 Å². The van der Waals surface area contributed by atoms with Crippen LogP contribution in [0, 0.1) is 11.3 Å². The summed E-state index contributed by atoms with van der Waals surface area (Å²) < 4.78 is 4.09. The first-order valence-corrected chi connectivity index (χ1v) is 10.7. The molecular formula is C24H24N6O. The summed E-state index contributed by atoms with van der Waals surface area (Å²) in [4.78, 5) is 15.4. The van der Waals surface area contributed by atoms with Gasteiger partial charge in [-0.05, 0) is 44.1 Å². The summed E-state index contributed by atoms with van der Waals surface area (Å²) in [6, 6.07) is 16.1. The third kappa shape index (κ3) is 3.71. The fourth-order valence-electron chi connectivity index (χ4n) is 4.60. The molecule has 0 saturated carbocycles. The number of carbonyl (C=O) groups excluding carboxylic acids is 1. The van der Waals surface area contributed by atoms with E-state index in [0.29, 0.717) is 25.4 Å². The molecule has 0 bridgehead atoms. The second-order valence-electron chi connectivity index (χ2n) is 8.12. The number of aromatic nitrogens is 4. The maximum absolute atomic E-state index is 13.2. The van der Waals surface area contributed by atoms with Crippen LogP contribution in [-0.2, 0) is 6.54 Å².